The molecule has 1 nitrogen and oxygen atoms in total. The molecule has 0 aliphatic heterocycles. The Morgan fingerprint density at radius 2 is 1.25 bits per heavy atom. The van der Waals surface area contributed by atoms with Crippen molar-refractivity contribution in [3.63, 3.8) is 0 Å². The van der Waals surface area contributed by atoms with Crippen LogP contribution in [-0.2, 0) is 36.1 Å². The molecule has 0 aromatic carbocycles. The number of hydrogen-bond acceptors (Lipinski definition) is 1. The van der Waals surface area contributed by atoms with Crippen molar-refractivity contribution >= 4 is 45.5 Å². The molecule has 0 saturated heterocycles. The van der Waals surface area contributed by atoms with Gasteiger partial charge in [-0.15, -0.1) is 0 Å². The second-order valence-electron chi connectivity index (χ2n) is 0. The van der Waals surface area contributed by atoms with Crippen molar-refractivity contribution in [2.24, 2.45) is 0 Å². The first-order valence-corrected chi connectivity index (χ1v) is 0.532. The van der Waals surface area contributed by atoms with Crippen LogP contribution in [0.25, 0.3) is 0 Å². The molecule has 4 heteroatoms. The van der Waals surface area contributed by atoms with E-state index in [1.165, 1.54) is 0 Å². The van der Waals surface area contributed by atoms with E-state index in [0.29, 0.717) is 0 Å². The predicted molar refractivity (Wildman–Crippen MR) is 6.44 cm³/mol. The summed E-state index contributed by atoms with van der Waals surface area (Å²) < 4.78 is 7.88. The molecule has 0 bridgehead atoms. The molecular weight excluding hydrogens is 221 g/mol. The van der Waals surface area contributed by atoms with Crippen LogP contribution in [0.4, 0.5) is 0 Å². The molecule has 0 fully saturated rings. The van der Waals surface area contributed by atoms with Crippen molar-refractivity contribution in [1.29, 1.82) is 0 Å². The molecule has 27 valence electrons. The summed E-state index contributed by atoms with van der Waals surface area (Å²) in [6.45, 7) is 0. The average molecular weight is 221 g/mol. The van der Waals surface area contributed by atoms with Gasteiger partial charge in [-0.2, -0.15) is 0 Å². The second kappa shape index (κ2) is 18.6. The van der Waals surface area contributed by atoms with Crippen LogP contribution in [0.15, 0.2) is 0 Å². The zero-order valence-corrected chi connectivity index (χ0v) is 7.27. The van der Waals surface area contributed by atoms with Crippen molar-refractivity contribution in [2.45, 2.75) is 0 Å². The van der Waals surface area contributed by atoms with Gasteiger partial charge in [-0.25, -0.2) is 0 Å². The van der Waals surface area contributed by atoms with E-state index >= 15 is 0 Å². The maximum Gasteiger partial charge on any atom is 0 e. The standard InChI is InChI=1S/Co.Ni.O.Sr. The van der Waals surface area contributed by atoms with E-state index in [4.69, 9.17) is 3.90 Å². The van der Waals surface area contributed by atoms with E-state index < -0.39 is 0 Å². The second-order valence-corrected chi connectivity index (χ2v) is 0. The average Bonchev–Trinajstić information content (AvgIpc) is 1.00. The number of rotatable bonds is 0. The fourth-order valence-electron chi connectivity index (χ4n) is 0. The van der Waals surface area contributed by atoms with Crippen LogP contribution in [-0.4, -0.2) is 45.5 Å². The molecule has 0 N–H and O–H groups in total. The summed E-state index contributed by atoms with van der Waals surface area (Å²) in [5.41, 5.74) is 0. The molecule has 0 unspecified atom stereocenters. The molecule has 0 rings (SSSR count). The van der Waals surface area contributed by atoms with Gasteiger partial charge in [-0.3, -0.25) is 0 Å². The van der Waals surface area contributed by atoms with Gasteiger partial charge in [0.25, 0.3) is 0 Å². The molecule has 4 heavy (non-hydrogen) atoms. The first-order valence-electron chi connectivity index (χ1n) is 0.129. The molecule has 0 aromatic heterocycles. The van der Waals surface area contributed by atoms with Gasteiger partial charge in [0.1, 0.15) is 0 Å². The Morgan fingerprint density at radius 1 is 1.25 bits per heavy atom. The Bertz CT molecular complexity index is 8.00. The van der Waals surface area contributed by atoms with E-state index in [0.717, 1.165) is 0 Å². The third kappa shape index (κ3) is 8.86. The minimum Gasteiger partial charge on any atom is 0 e. The summed E-state index contributed by atoms with van der Waals surface area (Å²) in [7, 11) is 0. The van der Waals surface area contributed by atoms with Gasteiger partial charge in [-0.1, -0.05) is 0 Å². The Labute approximate surface area is 79.9 Å². The van der Waals surface area contributed by atoms with Gasteiger partial charge >= 0.3 is 19.3 Å². The quantitative estimate of drug-likeness (QED) is 0.504. The van der Waals surface area contributed by atoms with Gasteiger partial charge in [0.05, 0.1) is 0 Å². The van der Waals surface area contributed by atoms with E-state index in [-0.39, 0.29) is 62.3 Å². The zero-order valence-electron chi connectivity index (χ0n) is 1.76. The van der Waals surface area contributed by atoms with E-state index in [9.17, 15) is 0 Å². The molecule has 0 heterocycles. The van der Waals surface area contributed by atoms with Crippen LogP contribution in [0.1, 0.15) is 0 Å². The summed E-state index contributed by atoms with van der Waals surface area (Å²) in [5.74, 6) is 0. The largest absolute Gasteiger partial charge is 0 e. The molecule has 0 saturated carbocycles. The maximum atomic E-state index is 7.88. The Morgan fingerprint density at radius 3 is 1.25 bits per heavy atom. The molecule has 0 spiro atoms. The summed E-state index contributed by atoms with van der Waals surface area (Å²) in [6, 6.07) is 0. The summed E-state index contributed by atoms with van der Waals surface area (Å²) in [5, 5.41) is 0. The SMILES string of the molecule is [Co].[O]=[Ni].[Sr]. The maximum absolute atomic E-state index is 7.88. The predicted octanol–water partition coefficient (Wildman–Crippen LogP) is -0.505. The third-order valence-corrected chi connectivity index (χ3v) is 0. The smallest absolute Gasteiger partial charge is 0 e. The zero-order chi connectivity index (χ0) is 2.00. The van der Waals surface area contributed by atoms with Crippen LogP contribution < -0.4 is 0 Å². The third-order valence-electron chi connectivity index (χ3n) is 0. The molecule has 0 aliphatic carbocycles. The molecule has 3 radical (unpaired) electrons. The van der Waals surface area contributed by atoms with Crippen molar-refractivity contribution < 1.29 is 36.1 Å². The first kappa shape index (κ1) is 16.3. The molecular formula is CoNiOSr. The molecule has 0 atom stereocenters. The summed E-state index contributed by atoms with van der Waals surface area (Å²) >= 11 is 2.62. The van der Waals surface area contributed by atoms with Crippen molar-refractivity contribution in [3.8, 4) is 0 Å². The summed E-state index contributed by atoms with van der Waals surface area (Å²) in [4.78, 5) is 0. The van der Waals surface area contributed by atoms with E-state index in [2.05, 4.69) is 15.4 Å². The van der Waals surface area contributed by atoms with Crippen molar-refractivity contribution in [3.05, 3.63) is 0 Å². The van der Waals surface area contributed by atoms with Gasteiger partial charge in [-0.05, 0) is 0 Å². The monoisotopic (exact) mass is 221 g/mol. The Balaban J connectivity index is -0.00000000500. The first-order chi connectivity index (χ1) is 1.00. The fraction of sp³-hybridized carbons (Fsp3) is 0. The molecule has 0 aliphatic rings. The normalized spacial score (nSPS) is 1.50. The topological polar surface area (TPSA) is 17.1 Å². The van der Waals surface area contributed by atoms with Crippen molar-refractivity contribution in [2.75, 3.05) is 0 Å². The van der Waals surface area contributed by atoms with Gasteiger partial charge in [0.15, 0.2) is 0 Å². The minimum absolute atomic E-state index is 0. The van der Waals surface area contributed by atoms with Crippen LogP contribution in [0.3, 0.4) is 0 Å². The Hall–Kier alpha value is 2.28. The fourth-order valence-corrected chi connectivity index (χ4v) is 0. The van der Waals surface area contributed by atoms with Gasteiger partial charge < -0.3 is 0 Å². The van der Waals surface area contributed by atoms with Gasteiger partial charge in [0, 0.05) is 62.3 Å². The number of hydrogen-bond donors (Lipinski definition) is 0. The van der Waals surface area contributed by atoms with E-state index in [1.807, 2.05) is 0 Å². The molecule has 0 amide bonds. The van der Waals surface area contributed by atoms with Crippen LogP contribution in [0.2, 0.25) is 0 Å². The summed E-state index contributed by atoms with van der Waals surface area (Å²) in [6.07, 6.45) is 0. The van der Waals surface area contributed by atoms with Gasteiger partial charge in [0.2, 0.25) is 0 Å². The van der Waals surface area contributed by atoms with Crippen molar-refractivity contribution in [1.82, 2.24) is 0 Å². The molecule has 0 aromatic rings. The van der Waals surface area contributed by atoms with E-state index in [1.54, 1.807) is 0 Å². The van der Waals surface area contributed by atoms with Crippen LogP contribution in [0.5, 0.6) is 0 Å². The van der Waals surface area contributed by atoms with Crippen LogP contribution >= 0.6 is 0 Å². The van der Waals surface area contributed by atoms with Crippen LogP contribution in [0, 0.1) is 0 Å². The minimum atomic E-state index is 0. The Kier molecular flexibility index (Phi) is 75.7.